The van der Waals surface area contributed by atoms with Gasteiger partial charge in [-0.3, -0.25) is 0 Å². The zero-order valence-corrected chi connectivity index (χ0v) is 26.6. The second kappa shape index (κ2) is 11.9. The standard InChI is InChI=1S/C37H38N6O4/c1-3-46-22-5-9-30-26(17-22)34(38-13-15-44)24-7-11-32-28(36(24)40-30)19-42-21-43(32)20-29-33(42)12-8-25-35(39-14-16-45)27-18-23(47-4-2)6-10-31(27)41-37(25)29/h5-12,17-18,44-45H,3-4,13-16,19-21H2,1-2H3,(H,38,40)(H,39,41). The molecule has 0 radical (unpaired) electrons. The minimum absolute atomic E-state index is 0.0297. The largest absolute Gasteiger partial charge is 0.494 e. The Morgan fingerprint density at radius 3 is 1.53 bits per heavy atom. The Labute approximate surface area is 272 Å². The number of ether oxygens (including phenoxy) is 2. The van der Waals surface area contributed by atoms with E-state index in [0.717, 1.165) is 73.2 Å². The average Bonchev–Trinajstić information content (AvgIpc) is 3.09. The summed E-state index contributed by atoms with van der Waals surface area (Å²) in [5.74, 6) is 1.60. The van der Waals surface area contributed by atoms with Crippen molar-refractivity contribution in [2.75, 3.05) is 66.6 Å². The Hall–Kier alpha value is -5.06. The summed E-state index contributed by atoms with van der Waals surface area (Å²) in [5, 5.41) is 30.3. The molecule has 47 heavy (non-hydrogen) atoms. The van der Waals surface area contributed by atoms with E-state index in [2.05, 4.69) is 44.7 Å². The fourth-order valence-electron chi connectivity index (χ4n) is 7.24. The van der Waals surface area contributed by atoms with E-state index in [1.54, 1.807) is 0 Å². The molecular formula is C37H38N6O4. The molecule has 2 aromatic heterocycles. The van der Waals surface area contributed by atoms with E-state index in [1.165, 1.54) is 22.5 Å². The summed E-state index contributed by atoms with van der Waals surface area (Å²) >= 11 is 0. The van der Waals surface area contributed by atoms with Gasteiger partial charge >= 0.3 is 0 Å². The zero-order valence-electron chi connectivity index (χ0n) is 26.6. The van der Waals surface area contributed by atoms with Crippen molar-refractivity contribution in [2.45, 2.75) is 26.9 Å². The highest BCUT2D eigenvalue weighted by molar-refractivity contribution is 6.11. The number of hydrogen-bond donors (Lipinski definition) is 4. The molecule has 4 N–H and O–H groups in total. The van der Waals surface area contributed by atoms with Crippen molar-refractivity contribution in [3.05, 3.63) is 71.8 Å². The van der Waals surface area contributed by atoms with Crippen molar-refractivity contribution < 1.29 is 19.7 Å². The molecular weight excluding hydrogens is 592 g/mol. The van der Waals surface area contributed by atoms with Gasteiger partial charge in [-0.05, 0) is 74.5 Å². The lowest BCUT2D eigenvalue weighted by Crippen LogP contribution is -2.46. The summed E-state index contributed by atoms with van der Waals surface area (Å²) in [6, 6.07) is 20.8. The first kappa shape index (κ1) is 29.3. The second-order valence-corrected chi connectivity index (χ2v) is 12.0. The highest BCUT2D eigenvalue weighted by atomic mass is 16.5. The third-order valence-electron chi connectivity index (χ3n) is 9.16. The lowest BCUT2D eigenvalue weighted by atomic mass is 9.95. The summed E-state index contributed by atoms with van der Waals surface area (Å²) in [7, 11) is 0. The number of aliphatic hydroxyl groups excluding tert-OH is 2. The normalized spacial score (nSPS) is 13.7. The van der Waals surface area contributed by atoms with E-state index in [-0.39, 0.29) is 13.2 Å². The summed E-state index contributed by atoms with van der Waals surface area (Å²) in [6.07, 6.45) is 0. The van der Waals surface area contributed by atoms with E-state index in [0.29, 0.717) is 39.4 Å². The molecule has 0 atom stereocenters. The minimum Gasteiger partial charge on any atom is -0.494 e. The van der Waals surface area contributed by atoms with Crippen molar-refractivity contribution in [3.8, 4) is 11.5 Å². The number of benzene rings is 4. The molecule has 0 saturated heterocycles. The molecule has 2 aliphatic heterocycles. The molecule has 2 aliphatic rings. The van der Waals surface area contributed by atoms with Crippen molar-refractivity contribution in [1.29, 1.82) is 0 Å². The van der Waals surface area contributed by atoms with Gasteiger partial charge in [0.1, 0.15) is 11.5 Å². The summed E-state index contributed by atoms with van der Waals surface area (Å²) < 4.78 is 11.6. The number of pyridine rings is 2. The van der Waals surface area contributed by atoms with Gasteiger partial charge in [-0.25, -0.2) is 9.97 Å². The van der Waals surface area contributed by atoms with Crippen LogP contribution in [-0.2, 0) is 13.1 Å². The number of nitrogens with one attached hydrogen (secondary N) is 2. The van der Waals surface area contributed by atoms with Crippen molar-refractivity contribution >= 4 is 66.4 Å². The highest BCUT2D eigenvalue weighted by Crippen LogP contribution is 2.46. The first-order chi connectivity index (χ1) is 23.1. The number of aromatic nitrogens is 2. The van der Waals surface area contributed by atoms with Gasteiger partial charge in [-0.15, -0.1) is 0 Å². The molecule has 4 aromatic carbocycles. The minimum atomic E-state index is 0.0297. The van der Waals surface area contributed by atoms with Crippen LogP contribution in [0.2, 0.25) is 0 Å². The highest BCUT2D eigenvalue weighted by Gasteiger charge is 2.33. The van der Waals surface area contributed by atoms with Gasteiger partial charge in [-0.2, -0.15) is 0 Å². The van der Waals surface area contributed by atoms with Crippen LogP contribution in [0.15, 0.2) is 60.7 Å². The van der Waals surface area contributed by atoms with Crippen molar-refractivity contribution in [2.24, 2.45) is 0 Å². The van der Waals surface area contributed by atoms with Crippen LogP contribution in [0, 0.1) is 0 Å². The Kier molecular flexibility index (Phi) is 7.46. The lowest BCUT2D eigenvalue weighted by Gasteiger charge is -2.45. The Balaban J connectivity index is 1.27. The van der Waals surface area contributed by atoms with Crippen LogP contribution < -0.4 is 29.9 Å². The van der Waals surface area contributed by atoms with E-state index < -0.39 is 0 Å². The Bertz CT molecular complexity index is 2020. The topological polar surface area (TPSA) is 115 Å². The fraction of sp³-hybridized carbons (Fsp3) is 0.297. The Morgan fingerprint density at radius 2 is 1.11 bits per heavy atom. The van der Waals surface area contributed by atoms with Gasteiger partial charge in [-0.1, -0.05) is 0 Å². The lowest BCUT2D eigenvalue weighted by molar-refractivity contribution is 0.311. The van der Waals surface area contributed by atoms with E-state index >= 15 is 0 Å². The van der Waals surface area contributed by atoms with Crippen LogP contribution >= 0.6 is 0 Å². The second-order valence-electron chi connectivity index (χ2n) is 12.0. The van der Waals surface area contributed by atoms with Crippen LogP contribution in [0.25, 0.3) is 43.6 Å². The molecule has 0 unspecified atom stereocenters. The first-order valence-corrected chi connectivity index (χ1v) is 16.4. The molecule has 0 aliphatic carbocycles. The molecule has 10 nitrogen and oxygen atoms in total. The van der Waals surface area contributed by atoms with E-state index in [4.69, 9.17) is 19.4 Å². The summed E-state index contributed by atoms with van der Waals surface area (Å²) in [6.45, 7) is 8.25. The number of fused-ring (bicyclic) bond motifs is 12. The zero-order chi connectivity index (χ0) is 32.1. The molecule has 0 saturated carbocycles. The maximum absolute atomic E-state index is 9.69. The quantitative estimate of drug-likeness (QED) is 0.135. The van der Waals surface area contributed by atoms with Gasteiger partial charge in [0.2, 0.25) is 0 Å². The van der Waals surface area contributed by atoms with Crippen molar-refractivity contribution in [3.63, 3.8) is 0 Å². The van der Waals surface area contributed by atoms with E-state index in [9.17, 15) is 10.2 Å². The van der Waals surface area contributed by atoms with Gasteiger partial charge in [0.25, 0.3) is 0 Å². The Morgan fingerprint density at radius 1 is 0.638 bits per heavy atom. The molecule has 10 heteroatoms. The van der Waals surface area contributed by atoms with Gasteiger partial charge in [0.15, 0.2) is 0 Å². The maximum Gasteiger partial charge on any atom is 0.120 e. The van der Waals surface area contributed by atoms with E-state index in [1.807, 2.05) is 50.2 Å². The summed E-state index contributed by atoms with van der Waals surface area (Å²) in [5.41, 5.74) is 10.3. The fourth-order valence-corrected chi connectivity index (χ4v) is 7.24. The molecule has 240 valence electrons. The smallest absolute Gasteiger partial charge is 0.120 e. The van der Waals surface area contributed by atoms with Gasteiger partial charge in [0, 0.05) is 70.2 Å². The van der Waals surface area contributed by atoms with Crippen molar-refractivity contribution in [1.82, 2.24) is 9.97 Å². The molecule has 8 rings (SSSR count). The first-order valence-electron chi connectivity index (χ1n) is 16.4. The third-order valence-corrected chi connectivity index (χ3v) is 9.16. The monoisotopic (exact) mass is 630 g/mol. The maximum atomic E-state index is 9.69. The molecule has 6 aromatic rings. The molecule has 0 amide bonds. The number of anilines is 4. The predicted molar refractivity (Wildman–Crippen MR) is 189 cm³/mol. The molecule has 4 heterocycles. The average molecular weight is 631 g/mol. The van der Waals surface area contributed by atoms with Gasteiger partial charge in [0.05, 0.1) is 66.5 Å². The van der Waals surface area contributed by atoms with Crippen LogP contribution in [0.3, 0.4) is 0 Å². The molecule has 0 spiro atoms. The SMILES string of the molecule is CCOc1ccc2nc3c4c(ccc3c(NCCO)c2c1)N1Cc2c(ccc3c(NCCO)c5cc(OCC)ccc5nc23)N(C4)C1. The number of aliphatic hydroxyl groups is 2. The number of hydrogen-bond acceptors (Lipinski definition) is 10. The predicted octanol–water partition coefficient (Wildman–Crippen LogP) is 5.99. The van der Waals surface area contributed by atoms with Crippen LogP contribution in [-0.4, -0.2) is 66.4 Å². The summed E-state index contributed by atoms with van der Waals surface area (Å²) in [4.78, 5) is 15.3. The van der Waals surface area contributed by atoms with Crippen LogP contribution in [0.1, 0.15) is 25.0 Å². The molecule has 0 fully saturated rings. The van der Waals surface area contributed by atoms with Crippen LogP contribution in [0.5, 0.6) is 11.5 Å². The third kappa shape index (κ3) is 4.87. The van der Waals surface area contributed by atoms with Crippen LogP contribution in [0.4, 0.5) is 22.7 Å². The van der Waals surface area contributed by atoms with Gasteiger partial charge < -0.3 is 40.1 Å². The number of rotatable bonds is 10. The number of nitrogens with zero attached hydrogens (tertiary/aromatic N) is 4. The molecule has 2 bridgehead atoms.